The molecule has 0 aliphatic rings. The Morgan fingerprint density at radius 1 is 1.20 bits per heavy atom. The van der Waals surface area contributed by atoms with E-state index in [9.17, 15) is 4.39 Å². The molecule has 0 aromatic heterocycles. The first-order chi connectivity index (χ1) is 4.61. The summed E-state index contributed by atoms with van der Waals surface area (Å²) in [5.41, 5.74) is 0. The zero-order chi connectivity index (χ0) is 7.72. The fourth-order valence-electron chi connectivity index (χ4n) is 0.535. The zero-order valence-electron chi connectivity index (χ0n) is 4.74. The van der Waals surface area contributed by atoms with Gasteiger partial charge in [0.1, 0.15) is 5.82 Å². The number of rotatable bonds is 0. The lowest BCUT2D eigenvalue weighted by atomic mass is 10.3. The molecular weight excluding hydrogens is 194 g/mol. The summed E-state index contributed by atoms with van der Waals surface area (Å²) in [5.74, 6) is -0.451. The Labute approximate surface area is 73.4 Å². The molecule has 0 aliphatic heterocycles. The van der Waals surface area contributed by atoms with Crippen molar-refractivity contribution in [1.29, 1.82) is 0 Å². The fraction of sp³-hybridized carbons (Fsp3) is 0. The van der Waals surface area contributed by atoms with E-state index in [1.807, 2.05) is 0 Å². The highest BCUT2D eigenvalue weighted by atomic mass is 35.5. The lowest BCUT2D eigenvalue weighted by Crippen LogP contribution is -1.76. The highest BCUT2D eigenvalue weighted by Crippen LogP contribution is 2.28. The Bertz CT molecular complexity index is 239. The van der Waals surface area contributed by atoms with Gasteiger partial charge in [-0.3, -0.25) is 0 Å². The van der Waals surface area contributed by atoms with E-state index in [1.165, 1.54) is 0 Å². The van der Waals surface area contributed by atoms with E-state index in [4.69, 9.17) is 23.2 Å². The molecule has 0 bridgehead atoms. The first kappa shape index (κ1) is 8.18. The molecule has 0 unspecified atom stereocenters. The summed E-state index contributed by atoms with van der Waals surface area (Å²) >= 11 is 15.0. The van der Waals surface area contributed by atoms with Crippen molar-refractivity contribution in [2.75, 3.05) is 0 Å². The predicted octanol–water partition coefficient (Wildman–Crippen LogP) is 3.42. The molecule has 0 saturated heterocycles. The predicted molar refractivity (Wildman–Crippen MR) is 43.7 cm³/mol. The van der Waals surface area contributed by atoms with Gasteiger partial charge in [-0.05, 0) is 12.1 Å². The second kappa shape index (κ2) is 2.99. The van der Waals surface area contributed by atoms with Gasteiger partial charge in [0, 0.05) is 4.90 Å². The van der Waals surface area contributed by atoms with Gasteiger partial charge < -0.3 is 0 Å². The van der Waals surface area contributed by atoms with E-state index in [1.54, 1.807) is 0 Å². The molecule has 0 aliphatic carbocycles. The van der Waals surface area contributed by atoms with Crippen LogP contribution in [0.15, 0.2) is 17.0 Å². The summed E-state index contributed by atoms with van der Waals surface area (Å²) < 4.78 is 12.4. The van der Waals surface area contributed by atoms with E-state index >= 15 is 0 Å². The van der Waals surface area contributed by atoms with Gasteiger partial charge in [0.05, 0.1) is 10.0 Å². The Kier molecular flexibility index (Phi) is 2.45. The van der Waals surface area contributed by atoms with Crippen molar-refractivity contribution in [3.63, 3.8) is 0 Å². The zero-order valence-corrected chi connectivity index (χ0v) is 7.14. The van der Waals surface area contributed by atoms with Crippen LogP contribution in [0, 0.1) is 5.82 Å². The summed E-state index contributed by atoms with van der Waals surface area (Å²) in [6.07, 6.45) is 0. The van der Waals surface area contributed by atoms with Crippen LogP contribution in [0.25, 0.3) is 0 Å². The van der Waals surface area contributed by atoms with Gasteiger partial charge in [-0.2, -0.15) is 0 Å². The van der Waals surface area contributed by atoms with Gasteiger partial charge >= 0.3 is 0 Å². The van der Waals surface area contributed by atoms with E-state index in [-0.39, 0.29) is 10.0 Å². The van der Waals surface area contributed by atoms with E-state index in [2.05, 4.69) is 12.6 Å². The highest BCUT2D eigenvalue weighted by Gasteiger charge is 2.02. The molecule has 1 rings (SSSR count). The maximum atomic E-state index is 12.4. The lowest BCUT2D eigenvalue weighted by Gasteiger charge is -1.98. The molecule has 0 N–H and O–H groups in total. The molecule has 0 heterocycles. The third kappa shape index (κ3) is 1.57. The molecule has 0 fully saturated rings. The topological polar surface area (TPSA) is 0 Å². The van der Waals surface area contributed by atoms with Crippen LogP contribution in [0.2, 0.25) is 10.0 Å². The largest absolute Gasteiger partial charge is 0.207 e. The average molecular weight is 197 g/mol. The number of hydrogen-bond acceptors (Lipinski definition) is 1. The van der Waals surface area contributed by atoms with Crippen molar-refractivity contribution < 1.29 is 4.39 Å². The van der Waals surface area contributed by atoms with Crippen molar-refractivity contribution in [3.8, 4) is 0 Å². The molecule has 0 amide bonds. The molecule has 0 spiro atoms. The smallest absolute Gasteiger partial charge is 0.126 e. The van der Waals surface area contributed by atoms with E-state index in [0.29, 0.717) is 4.90 Å². The summed E-state index contributed by atoms with van der Waals surface area (Å²) in [5, 5.41) is 0.460. The Morgan fingerprint density at radius 3 is 2.00 bits per heavy atom. The number of halogens is 3. The Balaban J connectivity index is 3.31. The van der Waals surface area contributed by atoms with Crippen LogP contribution in [0.4, 0.5) is 4.39 Å². The molecule has 0 nitrogen and oxygen atoms in total. The standard InChI is InChI=1S/C6H3Cl2FS/c7-4-1-3(9)2-5(8)6(4)10/h1-2,10H. The van der Waals surface area contributed by atoms with Crippen LogP contribution >= 0.6 is 35.8 Å². The van der Waals surface area contributed by atoms with E-state index in [0.717, 1.165) is 12.1 Å². The second-order valence-electron chi connectivity index (χ2n) is 1.72. The third-order valence-corrected chi connectivity index (χ3v) is 2.32. The molecular formula is C6H3Cl2FS. The van der Waals surface area contributed by atoms with Gasteiger partial charge in [0.15, 0.2) is 0 Å². The molecule has 54 valence electrons. The molecule has 1 aromatic carbocycles. The van der Waals surface area contributed by atoms with E-state index < -0.39 is 5.82 Å². The molecule has 4 heteroatoms. The minimum absolute atomic E-state index is 0.230. The van der Waals surface area contributed by atoms with Gasteiger partial charge in [-0.15, -0.1) is 12.6 Å². The van der Waals surface area contributed by atoms with Gasteiger partial charge in [0.2, 0.25) is 0 Å². The first-order valence-corrected chi connectivity index (χ1v) is 3.65. The van der Waals surface area contributed by atoms with Crippen molar-refractivity contribution in [3.05, 3.63) is 28.0 Å². The number of benzene rings is 1. The Hall–Kier alpha value is 0.0800. The minimum Gasteiger partial charge on any atom is -0.207 e. The van der Waals surface area contributed by atoms with Crippen molar-refractivity contribution in [2.45, 2.75) is 4.90 Å². The van der Waals surface area contributed by atoms with Crippen LogP contribution in [0.3, 0.4) is 0 Å². The number of thiol groups is 1. The molecule has 10 heavy (non-hydrogen) atoms. The summed E-state index contributed by atoms with van der Waals surface area (Å²) in [6.45, 7) is 0. The third-order valence-electron chi connectivity index (χ3n) is 0.982. The average Bonchev–Trinajstić information content (AvgIpc) is 1.82. The molecule has 0 atom stereocenters. The summed E-state index contributed by atoms with van der Waals surface area (Å²) in [7, 11) is 0. The van der Waals surface area contributed by atoms with Gasteiger partial charge in [-0.25, -0.2) is 4.39 Å². The number of hydrogen-bond donors (Lipinski definition) is 1. The molecule has 0 saturated carbocycles. The lowest BCUT2D eigenvalue weighted by molar-refractivity contribution is 0.627. The van der Waals surface area contributed by atoms with Crippen LogP contribution in [-0.4, -0.2) is 0 Å². The minimum atomic E-state index is -0.451. The molecule has 1 aromatic rings. The van der Waals surface area contributed by atoms with Gasteiger partial charge in [-0.1, -0.05) is 23.2 Å². The molecule has 0 radical (unpaired) electrons. The van der Waals surface area contributed by atoms with Crippen molar-refractivity contribution in [1.82, 2.24) is 0 Å². The Morgan fingerprint density at radius 2 is 1.60 bits per heavy atom. The fourth-order valence-corrected chi connectivity index (χ4v) is 1.12. The van der Waals surface area contributed by atoms with Crippen molar-refractivity contribution in [2.24, 2.45) is 0 Å². The maximum absolute atomic E-state index is 12.4. The SMILES string of the molecule is Fc1cc(Cl)c(S)c(Cl)c1. The van der Waals surface area contributed by atoms with Crippen molar-refractivity contribution >= 4 is 35.8 Å². The highest BCUT2D eigenvalue weighted by molar-refractivity contribution is 7.80. The van der Waals surface area contributed by atoms with Crippen LogP contribution < -0.4 is 0 Å². The normalized spacial score (nSPS) is 10.0. The van der Waals surface area contributed by atoms with Gasteiger partial charge in [0.25, 0.3) is 0 Å². The first-order valence-electron chi connectivity index (χ1n) is 2.45. The summed E-state index contributed by atoms with van der Waals surface area (Å²) in [6, 6.07) is 2.32. The maximum Gasteiger partial charge on any atom is 0.126 e. The quantitative estimate of drug-likeness (QED) is 0.605. The van der Waals surface area contributed by atoms with Crippen LogP contribution in [0.1, 0.15) is 0 Å². The monoisotopic (exact) mass is 196 g/mol. The second-order valence-corrected chi connectivity index (χ2v) is 2.98. The van der Waals surface area contributed by atoms with Crippen LogP contribution in [-0.2, 0) is 0 Å². The summed E-state index contributed by atoms with van der Waals surface area (Å²) in [4.78, 5) is 0.407. The van der Waals surface area contributed by atoms with Crippen LogP contribution in [0.5, 0.6) is 0 Å².